The van der Waals surface area contributed by atoms with Gasteiger partial charge in [0.15, 0.2) is 0 Å². The smallest absolute Gasteiger partial charge is 0.305 e. The summed E-state index contributed by atoms with van der Waals surface area (Å²) in [6.07, 6.45) is 2.26. The van der Waals surface area contributed by atoms with Crippen LogP contribution in [0, 0.1) is 0 Å². The van der Waals surface area contributed by atoms with Gasteiger partial charge in [-0.1, -0.05) is 0 Å². The van der Waals surface area contributed by atoms with Crippen LogP contribution in [0.25, 0.3) is 0 Å². The fourth-order valence-electron chi connectivity index (χ4n) is 0.752. The Hall–Kier alpha value is -0.900. The van der Waals surface area contributed by atoms with Crippen molar-refractivity contribution in [1.82, 2.24) is 0 Å². The van der Waals surface area contributed by atoms with E-state index < -0.39 is 0 Å². The van der Waals surface area contributed by atoms with E-state index in [1.54, 1.807) is 0 Å². The van der Waals surface area contributed by atoms with Gasteiger partial charge in [0.25, 0.3) is 0 Å². The van der Waals surface area contributed by atoms with Crippen molar-refractivity contribution < 1.29 is 19.1 Å². The molecule has 68 valence electrons. The van der Waals surface area contributed by atoms with Crippen molar-refractivity contribution in [2.45, 2.75) is 25.4 Å². The van der Waals surface area contributed by atoms with Gasteiger partial charge in [0, 0.05) is 12.8 Å². The molecule has 1 aliphatic heterocycles. The average Bonchev–Trinajstić information content (AvgIpc) is 2.84. The maximum Gasteiger partial charge on any atom is 0.305 e. The van der Waals surface area contributed by atoms with Crippen LogP contribution in [0.2, 0.25) is 0 Å². The first-order valence-electron chi connectivity index (χ1n) is 4.04. The molecule has 0 aromatic heterocycles. The summed E-state index contributed by atoms with van der Waals surface area (Å²) in [5.74, 6) is -0.243. The molecule has 0 aromatic rings. The Balaban J connectivity index is 1.91. The second-order valence-electron chi connectivity index (χ2n) is 2.70. The number of aldehydes is 1. The molecule has 0 N–H and O–H groups in total. The molecule has 1 atom stereocenters. The molecule has 0 bridgehead atoms. The van der Waals surface area contributed by atoms with Crippen LogP contribution >= 0.6 is 0 Å². The standard InChI is InChI=1S/C8H12O4/c9-4-2-1-3-8(10)12-6-7-5-11-7/h4,7H,1-3,5-6H2. The molecule has 1 heterocycles. The van der Waals surface area contributed by atoms with Gasteiger partial charge in [-0.2, -0.15) is 0 Å². The van der Waals surface area contributed by atoms with Crippen LogP contribution in [0.1, 0.15) is 19.3 Å². The number of carbonyl (C=O) groups excluding carboxylic acids is 2. The molecule has 0 spiro atoms. The second kappa shape index (κ2) is 4.87. The van der Waals surface area contributed by atoms with Gasteiger partial charge in [0.05, 0.1) is 6.61 Å². The van der Waals surface area contributed by atoms with Gasteiger partial charge in [0.1, 0.15) is 19.0 Å². The third-order valence-electron chi connectivity index (χ3n) is 1.54. The van der Waals surface area contributed by atoms with Crippen LogP contribution in [0.3, 0.4) is 0 Å². The topological polar surface area (TPSA) is 55.9 Å². The highest BCUT2D eigenvalue weighted by molar-refractivity contribution is 5.69. The van der Waals surface area contributed by atoms with E-state index in [1.165, 1.54) is 0 Å². The SMILES string of the molecule is O=CCCCC(=O)OCC1CO1. The van der Waals surface area contributed by atoms with Crippen molar-refractivity contribution in [2.75, 3.05) is 13.2 Å². The zero-order chi connectivity index (χ0) is 8.81. The molecule has 0 aliphatic carbocycles. The molecule has 1 fully saturated rings. The molecule has 1 saturated heterocycles. The number of rotatable bonds is 6. The zero-order valence-corrected chi connectivity index (χ0v) is 6.82. The van der Waals surface area contributed by atoms with E-state index in [-0.39, 0.29) is 12.1 Å². The monoisotopic (exact) mass is 172 g/mol. The summed E-state index contributed by atoms with van der Waals surface area (Å²) in [6.45, 7) is 1.06. The van der Waals surface area contributed by atoms with Crippen LogP contribution in [0.15, 0.2) is 0 Å². The quantitative estimate of drug-likeness (QED) is 0.250. The largest absolute Gasteiger partial charge is 0.463 e. The molecule has 12 heavy (non-hydrogen) atoms. The fraction of sp³-hybridized carbons (Fsp3) is 0.750. The molecule has 0 saturated carbocycles. The van der Waals surface area contributed by atoms with E-state index in [9.17, 15) is 9.59 Å². The Morgan fingerprint density at radius 1 is 1.67 bits per heavy atom. The summed E-state index contributed by atoms with van der Waals surface area (Å²) in [5.41, 5.74) is 0. The lowest BCUT2D eigenvalue weighted by Crippen LogP contribution is -2.09. The van der Waals surface area contributed by atoms with Crippen LogP contribution in [0.4, 0.5) is 0 Å². The molecule has 0 radical (unpaired) electrons. The molecule has 1 aliphatic rings. The normalized spacial score (nSPS) is 20.2. The molecule has 4 nitrogen and oxygen atoms in total. The first-order chi connectivity index (χ1) is 5.83. The van der Waals surface area contributed by atoms with Crippen molar-refractivity contribution in [3.63, 3.8) is 0 Å². The van der Waals surface area contributed by atoms with E-state index in [0.717, 1.165) is 6.29 Å². The predicted octanol–water partition coefficient (Wildman–Crippen LogP) is 0.298. The minimum absolute atomic E-state index is 0.125. The Morgan fingerprint density at radius 2 is 2.42 bits per heavy atom. The van der Waals surface area contributed by atoms with E-state index in [0.29, 0.717) is 32.5 Å². The molecule has 0 amide bonds. The molecular formula is C8H12O4. The first kappa shape index (κ1) is 9.19. The molecule has 0 aromatic carbocycles. The highest BCUT2D eigenvalue weighted by atomic mass is 16.6. The number of ether oxygens (including phenoxy) is 2. The highest BCUT2D eigenvalue weighted by Crippen LogP contribution is 2.09. The number of hydrogen-bond donors (Lipinski definition) is 0. The Kier molecular flexibility index (Phi) is 3.73. The number of hydrogen-bond acceptors (Lipinski definition) is 4. The Labute approximate surface area is 70.8 Å². The molecule has 1 unspecified atom stereocenters. The van der Waals surface area contributed by atoms with Crippen molar-refractivity contribution in [1.29, 1.82) is 0 Å². The molecule has 4 heteroatoms. The van der Waals surface area contributed by atoms with Crippen molar-refractivity contribution in [3.8, 4) is 0 Å². The average molecular weight is 172 g/mol. The summed E-state index contributed by atoms with van der Waals surface area (Å²) in [4.78, 5) is 20.7. The van der Waals surface area contributed by atoms with Gasteiger partial charge in [-0.3, -0.25) is 4.79 Å². The number of unbranched alkanes of at least 4 members (excludes halogenated alkanes) is 1. The summed E-state index contributed by atoms with van der Waals surface area (Å²) in [6, 6.07) is 0. The number of epoxide rings is 1. The highest BCUT2D eigenvalue weighted by Gasteiger charge is 2.23. The summed E-state index contributed by atoms with van der Waals surface area (Å²) in [7, 11) is 0. The minimum Gasteiger partial charge on any atom is -0.463 e. The molecular weight excluding hydrogens is 160 g/mol. The number of carbonyl (C=O) groups is 2. The molecule has 1 rings (SSSR count). The van der Waals surface area contributed by atoms with E-state index in [2.05, 4.69) is 0 Å². The van der Waals surface area contributed by atoms with Gasteiger partial charge in [-0.25, -0.2) is 0 Å². The minimum atomic E-state index is -0.243. The van der Waals surface area contributed by atoms with Gasteiger partial charge in [0.2, 0.25) is 0 Å². The van der Waals surface area contributed by atoms with Crippen LogP contribution in [0.5, 0.6) is 0 Å². The maximum atomic E-state index is 10.9. The maximum absolute atomic E-state index is 10.9. The van der Waals surface area contributed by atoms with Crippen molar-refractivity contribution >= 4 is 12.3 Å². The first-order valence-corrected chi connectivity index (χ1v) is 4.04. The van der Waals surface area contributed by atoms with Gasteiger partial charge >= 0.3 is 5.97 Å². The fourth-order valence-corrected chi connectivity index (χ4v) is 0.752. The van der Waals surface area contributed by atoms with E-state index in [4.69, 9.17) is 9.47 Å². The van der Waals surface area contributed by atoms with Gasteiger partial charge in [-0.15, -0.1) is 0 Å². The van der Waals surface area contributed by atoms with E-state index >= 15 is 0 Å². The van der Waals surface area contributed by atoms with Crippen LogP contribution in [-0.2, 0) is 19.1 Å². The summed E-state index contributed by atoms with van der Waals surface area (Å²) >= 11 is 0. The zero-order valence-electron chi connectivity index (χ0n) is 6.82. The van der Waals surface area contributed by atoms with Crippen LogP contribution < -0.4 is 0 Å². The van der Waals surface area contributed by atoms with E-state index in [1.807, 2.05) is 0 Å². The lowest BCUT2D eigenvalue weighted by Gasteiger charge is -2.00. The van der Waals surface area contributed by atoms with Crippen molar-refractivity contribution in [3.05, 3.63) is 0 Å². The Bertz CT molecular complexity index is 162. The third kappa shape index (κ3) is 4.08. The van der Waals surface area contributed by atoms with Gasteiger partial charge in [-0.05, 0) is 6.42 Å². The van der Waals surface area contributed by atoms with Crippen molar-refractivity contribution in [2.24, 2.45) is 0 Å². The lowest BCUT2D eigenvalue weighted by molar-refractivity contribution is -0.144. The predicted molar refractivity (Wildman–Crippen MR) is 40.6 cm³/mol. The Morgan fingerprint density at radius 3 is 3.00 bits per heavy atom. The summed E-state index contributed by atoms with van der Waals surface area (Å²) < 4.78 is 9.68. The van der Waals surface area contributed by atoms with Gasteiger partial charge < -0.3 is 14.3 Å². The lowest BCUT2D eigenvalue weighted by atomic mass is 10.2. The number of esters is 1. The second-order valence-corrected chi connectivity index (χ2v) is 2.70. The van der Waals surface area contributed by atoms with Crippen LogP contribution in [-0.4, -0.2) is 31.6 Å². The third-order valence-corrected chi connectivity index (χ3v) is 1.54. The summed E-state index contributed by atoms with van der Waals surface area (Å²) in [5, 5.41) is 0.